The molecule has 1 fully saturated rings. The second-order valence-corrected chi connectivity index (χ2v) is 7.20. The molecule has 1 heterocycles. The van der Waals surface area contributed by atoms with Crippen LogP contribution in [0, 0.1) is 11.8 Å². The Labute approximate surface area is 148 Å². The van der Waals surface area contributed by atoms with Crippen LogP contribution in [0.15, 0.2) is 12.2 Å². The Kier molecular flexibility index (Phi) is 11.8. The van der Waals surface area contributed by atoms with E-state index < -0.39 is 0 Å². The fraction of sp³-hybridized carbons (Fsp3) is 0.882. The van der Waals surface area contributed by atoms with E-state index in [1.54, 1.807) is 0 Å². The highest BCUT2D eigenvalue weighted by Crippen LogP contribution is 2.25. The fourth-order valence-corrected chi connectivity index (χ4v) is 3.64. The zero-order chi connectivity index (χ0) is 16.2. The number of nitrogens with zero attached hydrogens (tertiary/aromatic N) is 2. The number of rotatable bonds is 11. The van der Waals surface area contributed by atoms with Crippen molar-refractivity contribution in [3.8, 4) is 0 Å². The summed E-state index contributed by atoms with van der Waals surface area (Å²) < 4.78 is 0. The van der Waals surface area contributed by atoms with Crippen LogP contribution in [0.3, 0.4) is 0 Å². The van der Waals surface area contributed by atoms with E-state index in [0.717, 1.165) is 55.9 Å². The van der Waals surface area contributed by atoms with Crippen LogP contribution >= 0.6 is 25.3 Å². The lowest BCUT2D eigenvalue weighted by Crippen LogP contribution is -2.45. The summed E-state index contributed by atoms with van der Waals surface area (Å²) in [5.41, 5.74) is 0. The predicted octanol–water partition coefficient (Wildman–Crippen LogP) is 2.27. The van der Waals surface area contributed by atoms with Crippen LogP contribution in [0.5, 0.6) is 0 Å². The minimum atomic E-state index is 0.740. The Hall–Kier alpha value is 0.320. The van der Waals surface area contributed by atoms with Crippen LogP contribution < -0.4 is 5.32 Å². The summed E-state index contributed by atoms with van der Waals surface area (Å²) >= 11 is 8.68. The smallest absolute Gasteiger partial charge is 0.0107 e. The van der Waals surface area contributed by atoms with Gasteiger partial charge in [-0.05, 0) is 38.3 Å². The molecule has 22 heavy (non-hydrogen) atoms. The fourth-order valence-electron chi connectivity index (χ4n) is 3.20. The zero-order valence-electron chi connectivity index (χ0n) is 14.4. The van der Waals surface area contributed by atoms with Gasteiger partial charge in [-0.15, -0.1) is 0 Å². The molecule has 130 valence electrons. The van der Waals surface area contributed by atoms with Gasteiger partial charge in [-0.3, -0.25) is 0 Å². The van der Waals surface area contributed by atoms with Gasteiger partial charge in [0.05, 0.1) is 0 Å². The summed E-state index contributed by atoms with van der Waals surface area (Å²) in [6.45, 7) is 10.1. The van der Waals surface area contributed by atoms with E-state index in [4.69, 9.17) is 0 Å². The first-order valence-corrected chi connectivity index (χ1v) is 9.97. The molecule has 0 aliphatic carbocycles. The number of hydrogen-bond acceptors (Lipinski definition) is 5. The average Bonchev–Trinajstić information content (AvgIpc) is 2.51. The van der Waals surface area contributed by atoms with Gasteiger partial charge in [-0.1, -0.05) is 19.1 Å². The zero-order valence-corrected chi connectivity index (χ0v) is 16.2. The molecule has 0 aromatic rings. The van der Waals surface area contributed by atoms with Crippen molar-refractivity contribution in [2.24, 2.45) is 11.8 Å². The molecule has 0 amide bonds. The van der Waals surface area contributed by atoms with Crippen LogP contribution in [0.2, 0.25) is 0 Å². The normalized spacial score (nSPS) is 23.7. The van der Waals surface area contributed by atoms with Gasteiger partial charge < -0.3 is 15.1 Å². The molecule has 0 bridgehead atoms. The molecule has 2 atom stereocenters. The van der Waals surface area contributed by atoms with E-state index >= 15 is 0 Å². The van der Waals surface area contributed by atoms with Gasteiger partial charge >= 0.3 is 0 Å². The minimum absolute atomic E-state index is 0.740. The third-order valence-electron chi connectivity index (χ3n) is 4.42. The van der Waals surface area contributed by atoms with E-state index in [1.807, 2.05) is 0 Å². The van der Waals surface area contributed by atoms with Crippen LogP contribution in [0.25, 0.3) is 0 Å². The van der Waals surface area contributed by atoms with E-state index in [-0.39, 0.29) is 0 Å². The van der Waals surface area contributed by atoms with E-state index in [1.165, 1.54) is 26.1 Å². The van der Waals surface area contributed by atoms with Crippen molar-refractivity contribution in [1.82, 2.24) is 15.1 Å². The maximum absolute atomic E-state index is 4.44. The van der Waals surface area contributed by atoms with E-state index in [2.05, 4.69) is 66.5 Å². The third kappa shape index (κ3) is 8.25. The van der Waals surface area contributed by atoms with Crippen molar-refractivity contribution in [2.75, 3.05) is 64.4 Å². The standard InChI is InChI=1S/C17H35N3S2/c1-3-4-5-16-6-9-19(2)14-17(16)15-20(11-13-22)10-7-18-8-12-21/h4-5,16-18,21-22H,3,6-15H2,1-2H3/b5-4+/t16?,17-/m1/s1. The van der Waals surface area contributed by atoms with Gasteiger partial charge in [-0.25, -0.2) is 0 Å². The maximum Gasteiger partial charge on any atom is 0.0107 e. The van der Waals surface area contributed by atoms with Gasteiger partial charge in [-0.2, -0.15) is 25.3 Å². The third-order valence-corrected chi connectivity index (χ3v) is 4.84. The molecule has 1 unspecified atom stereocenters. The van der Waals surface area contributed by atoms with E-state index in [9.17, 15) is 0 Å². The number of likely N-dealkylation sites (tertiary alicyclic amines) is 1. The van der Waals surface area contributed by atoms with Crippen LogP contribution in [-0.4, -0.2) is 74.2 Å². The summed E-state index contributed by atoms with van der Waals surface area (Å²) in [4.78, 5) is 5.06. The van der Waals surface area contributed by atoms with Crippen molar-refractivity contribution < 1.29 is 0 Å². The number of thiol groups is 2. The molecule has 5 heteroatoms. The number of nitrogens with one attached hydrogen (secondary N) is 1. The van der Waals surface area contributed by atoms with Crippen molar-refractivity contribution in [2.45, 2.75) is 19.8 Å². The molecule has 1 N–H and O–H groups in total. The Morgan fingerprint density at radius 3 is 2.73 bits per heavy atom. The molecule has 0 saturated carbocycles. The monoisotopic (exact) mass is 345 g/mol. The van der Waals surface area contributed by atoms with Gasteiger partial charge in [0.1, 0.15) is 0 Å². The van der Waals surface area contributed by atoms with Crippen molar-refractivity contribution >= 4 is 25.3 Å². The maximum atomic E-state index is 4.44. The molecule has 0 aromatic heterocycles. The highest BCUT2D eigenvalue weighted by Gasteiger charge is 2.27. The molecule has 3 nitrogen and oxygen atoms in total. The van der Waals surface area contributed by atoms with Gasteiger partial charge in [0.25, 0.3) is 0 Å². The minimum Gasteiger partial charge on any atom is -0.315 e. The molecule has 1 saturated heterocycles. The number of hydrogen-bond donors (Lipinski definition) is 3. The second-order valence-electron chi connectivity index (χ2n) is 6.31. The SMILES string of the molecule is CC/C=C/C1CCN(C)C[C@@H]1CN(CCS)CCNCCS. The van der Waals surface area contributed by atoms with Crippen LogP contribution in [0.4, 0.5) is 0 Å². The summed E-state index contributed by atoms with van der Waals surface area (Å²) in [5.74, 6) is 3.32. The van der Waals surface area contributed by atoms with Gasteiger partial charge in [0.2, 0.25) is 0 Å². The average molecular weight is 346 g/mol. The lowest BCUT2D eigenvalue weighted by molar-refractivity contribution is 0.124. The molecule has 1 rings (SSSR count). The Morgan fingerprint density at radius 2 is 2.05 bits per heavy atom. The highest BCUT2D eigenvalue weighted by atomic mass is 32.1. The lowest BCUT2D eigenvalue weighted by atomic mass is 9.84. The topological polar surface area (TPSA) is 18.5 Å². The molecule has 0 radical (unpaired) electrons. The van der Waals surface area contributed by atoms with E-state index in [0.29, 0.717) is 0 Å². The molecular weight excluding hydrogens is 310 g/mol. The van der Waals surface area contributed by atoms with Crippen LogP contribution in [0.1, 0.15) is 19.8 Å². The molecule has 0 aromatic carbocycles. The number of allylic oxidation sites excluding steroid dienone is 2. The Bertz CT molecular complexity index is 300. The lowest BCUT2D eigenvalue weighted by Gasteiger charge is -2.38. The highest BCUT2D eigenvalue weighted by molar-refractivity contribution is 7.80. The summed E-state index contributed by atoms with van der Waals surface area (Å²) in [7, 11) is 2.25. The first kappa shape index (κ1) is 20.4. The largest absolute Gasteiger partial charge is 0.315 e. The quantitative estimate of drug-likeness (QED) is 0.303. The molecular formula is C17H35N3S2. The van der Waals surface area contributed by atoms with Gasteiger partial charge in [0, 0.05) is 50.8 Å². The summed E-state index contributed by atoms with van der Waals surface area (Å²) in [6.07, 6.45) is 7.26. The van der Waals surface area contributed by atoms with Crippen LogP contribution in [-0.2, 0) is 0 Å². The second kappa shape index (κ2) is 12.7. The summed E-state index contributed by atoms with van der Waals surface area (Å²) in [6, 6.07) is 0. The van der Waals surface area contributed by atoms with Crippen molar-refractivity contribution in [3.05, 3.63) is 12.2 Å². The first-order chi connectivity index (χ1) is 10.7. The number of piperidine rings is 1. The Morgan fingerprint density at radius 1 is 1.23 bits per heavy atom. The Balaban J connectivity index is 2.51. The first-order valence-electron chi connectivity index (χ1n) is 8.71. The van der Waals surface area contributed by atoms with Crippen molar-refractivity contribution in [3.63, 3.8) is 0 Å². The van der Waals surface area contributed by atoms with Crippen molar-refractivity contribution in [1.29, 1.82) is 0 Å². The molecule has 1 aliphatic heterocycles. The summed E-state index contributed by atoms with van der Waals surface area (Å²) in [5, 5.41) is 3.45. The van der Waals surface area contributed by atoms with Gasteiger partial charge in [0.15, 0.2) is 0 Å². The molecule has 1 aliphatic rings. The predicted molar refractivity (Wildman–Crippen MR) is 106 cm³/mol. The molecule has 0 spiro atoms.